The summed E-state index contributed by atoms with van der Waals surface area (Å²) in [5.74, 6) is -0.699. The average Bonchev–Trinajstić information content (AvgIpc) is 2.66. The smallest absolute Gasteiger partial charge is 0.335 e. The molecule has 1 fully saturated rings. The third kappa shape index (κ3) is 3.35. The van der Waals surface area contributed by atoms with Crippen LogP contribution in [0.25, 0.3) is 6.08 Å². The van der Waals surface area contributed by atoms with Gasteiger partial charge in [-0.1, -0.05) is 31.2 Å². The van der Waals surface area contributed by atoms with Crippen LogP contribution in [-0.2, 0) is 16.0 Å². The van der Waals surface area contributed by atoms with E-state index in [0.29, 0.717) is 17.0 Å². The first-order chi connectivity index (χ1) is 12.5. The van der Waals surface area contributed by atoms with Crippen molar-refractivity contribution < 1.29 is 19.1 Å². The van der Waals surface area contributed by atoms with Gasteiger partial charge >= 0.3 is 6.03 Å². The summed E-state index contributed by atoms with van der Waals surface area (Å²) in [6.45, 7) is 2.02. The number of benzene rings is 2. The second-order valence-electron chi connectivity index (χ2n) is 5.75. The number of anilines is 1. The molecule has 6 nitrogen and oxygen atoms in total. The second kappa shape index (κ2) is 7.23. The molecule has 1 heterocycles. The number of urea groups is 1. The molecular weight excluding hydrogens is 332 g/mol. The van der Waals surface area contributed by atoms with Crippen molar-refractivity contribution in [2.75, 3.05) is 12.0 Å². The first-order valence-corrected chi connectivity index (χ1v) is 8.18. The van der Waals surface area contributed by atoms with Gasteiger partial charge in [0.2, 0.25) is 0 Å². The van der Waals surface area contributed by atoms with Gasteiger partial charge in [-0.3, -0.25) is 14.9 Å². The number of imide groups is 2. The van der Waals surface area contributed by atoms with Crippen molar-refractivity contribution in [3.63, 3.8) is 0 Å². The van der Waals surface area contributed by atoms with E-state index >= 15 is 0 Å². The fraction of sp³-hybridized carbons (Fsp3) is 0.150. The number of hydrogen-bond donors (Lipinski definition) is 1. The van der Waals surface area contributed by atoms with Crippen LogP contribution in [0.1, 0.15) is 18.1 Å². The number of nitrogens with one attached hydrogen (secondary N) is 1. The molecule has 0 unspecified atom stereocenters. The Bertz CT molecular complexity index is 883. The third-order valence-electron chi connectivity index (χ3n) is 4.13. The van der Waals surface area contributed by atoms with Crippen LogP contribution in [0.15, 0.2) is 54.1 Å². The van der Waals surface area contributed by atoms with Gasteiger partial charge in [0.05, 0.1) is 12.8 Å². The predicted octanol–water partition coefficient (Wildman–Crippen LogP) is 2.92. The summed E-state index contributed by atoms with van der Waals surface area (Å²) < 4.78 is 5.09. The third-order valence-corrected chi connectivity index (χ3v) is 4.13. The van der Waals surface area contributed by atoms with Gasteiger partial charge in [-0.15, -0.1) is 0 Å². The zero-order valence-electron chi connectivity index (χ0n) is 14.5. The minimum Gasteiger partial charge on any atom is -0.497 e. The summed E-state index contributed by atoms with van der Waals surface area (Å²) in [6, 6.07) is 13.2. The molecule has 0 atom stereocenters. The van der Waals surface area contributed by atoms with Crippen molar-refractivity contribution in [2.45, 2.75) is 13.3 Å². The molecule has 1 aliphatic heterocycles. The summed E-state index contributed by atoms with van der Waals surface area (Å²) >= 11 is 0. The van der Waals surface area contributed by atoms with E-state index in [-0.39, 0.29) is 5.57 Å². The lowest BCUT2D eigenvalue weighted by atomic mass is 10.1. The van der Waals surface area contributed by atoms with Crippen LogP contribution in [0.3, 0.4) is 0 Å². The summed E-state index contributed by atoms with van der Waals surface area (Å²) in [4.78, 5) is 38.1. The molecule has 0 bridgehead atoms. The standard InChI is InChI=1S/C20H18N2O4/c1-3-13-4-8-15(9-5-13)22-19(24)17(18(23)21-20(22)25)12-14-6-10-16(26-2)11-7-14/h4-12H,3H2,1-2H3,(H,21,23,25)/b17-12-. The number of carbonyl (C=O) groups is 3. The van der Waals surface area contributed by atoms with E-state index in [4.69, 9.17) is 4.74 Å². The predicted molar refractivity (Wildman–Crippen MR) is 97.8 cm³/mol. The van der Waals surface area contributed by atoms with E-state index < -0.39 is 17.8 Å². The molecule has 4 amide bonds. The van der Waals surface area contributed by atoms with E-state index in [1.165, 1.54) is 6.08 Å². The van der Waals surface area contributed by atoms with Gasteiger partial charge in [-0.25, -0.2) is 9.69 Å². The Labute approximate surface area is 151 Å². The highest BCUT2D eigenvalue weighted by Gasteiger charge is 2.36. The molecule has 0 radical (unpaired) electrons. The van der Waals surface area contributed by atoms with Gasteiger partial charge < -0.3 is 4.74 Å². The Hall–Kier alpha value is -3.41. The minimum atomic E-state index is -0.754. The molecule has 2 aromatic carbocycles. The number of carbonyl (C=O) groups excluding carboxylic acids is 3. The van der Waals surface area contributed by atoms with Crippen molar-refractivity contribution in [2.24, 2.45) is 0 Å². The molecule has 132 valence electrons. The first-order valence-electron chi connectivity index (χ1n) is 8.18. The lowest BCUT2D eigenvalue weighted by Crippen LogP contribution is -2.54. The van der Waals surface area contributed by atoms with E-state index in [0.717, 1.165) is 16.9 Å². The number of amides is 4. The molecule has 3 rings (SSSR count). The van der Waals surface area contributed by atoms with Gasteiger partial charge in [0.1, 0.15) is 11.3 Å². The fourth-order valence-electron chi connectivity index (χ4n) is 2.64. The highest BCUT2D eigenvalue weighted by atomic mass is 16.5. The van der Waals surface area contributed by atoms with Crippen LogP contribution in [0.4, 0.5) is 10.5 Å². The number of ether oxygens (including phenoxy) is 1. The summed E-state index contributed by atoms with van der Waals surface area (Å²) in [7, 11) is 1.55. The zero-order chi connectivity index (χ0) is 18.7. The maximum Gasteiger partial charge on any atom is 0.335 e. The van der Waals surface area contributed by atoms with Gasteiger partial charge in [0, 0.05) is 0 Å². The summed E-state index contributed by atoms with van der Waals surface area (Å²) in [5, 5.41) is 2.21. The van der Waals surface area contributed by atoms with Crippen molar-refractivity contribution in [1.29, 1.82) is 0 Å². The van der Waals surface area contributed by atoms with Crippen LogP contribution in [0.2, 0.25) is 0 Å². The Kier molecular flexibility index (Phi) is 4.84. The SMILES string of the molecule is CCc1ccc(N2C(=O)NC(=O)/C(=C/c3ccc(OC)cc3)C2=O)cc1. The highest BCUT2D eigenvalue weighted by molar-refractivity contribution is 6.39. The molecule has 0 aliphatic carbocycles. The van der Waals surface area contributed by atoms with Crippen LogP contribution >= 0.6 is 0 Å². The van der Waals surface area contributed by atoms with Gasteiger partial charge in [-0.05, 0) is 47.9 Å². The molecule has 1 saturated heterocycles. The quantitative estimate of drug-likeness (QED) is 0.679. The number of methoxy groups -OCH3 is 1. The number of aryl methyl sites for hydroxylation is 1. The molecule has 1 N–H and O–H groups in total. The van der Waals surface area contributed by atoms with Crippen LogP contribution in [-0.4, -0.2) is 25.0 Å². The Morgan fingerprint density at radius 2 is 1.65 bits per heavy atom. The van der Waals surface area contributed by atoms with E-state index in [1.54, 1.807) is 43.5 Å². The topological polar surface area (TPSA) is 75.7 Å². The number of rotatable bonds is 4. The monoisotopic (exact) mass is 350 g/mol. The minimum absolute atomic E-state index is 0.102. The van der Waals surface area contributed by atoms with Crippen molar-refractivity contribution in [3.8, 4) is 5.75 Å². The summed E-state index contributed by atoms with van der Waals surface area (Å²) in [6.07, 6.45) is 2.30. The normalized spacial score (nSPS) is 16.0. The average molecular weight is 350 g/mol. The number of barbiturate groups is 1. The fourth-order valence-corrected chi connectivity index (χ4v) is 2.64. The first kappa shape index (κ1) is 17.4. The second-order valence-corrected chi connectivity index (χ2v) is 5.75. The van der Waals surface area contributed by atoms with Crippen molar-refractivity contribution in [3.05, 3.63) is 65.2 Å². The van der Waals surface area contributed by atoms with Crippen LogP contribution < -0.4 is 15.0 Å². The van der Waals surface area contributed by atoms with Gasteiger partial charge in [-0.2, -0.15) is 0 Å². The van der Waals surface area contributed by atoms with Crippen molar-refractivity contribution >= 4 is 29.6 Å². The molecular formula is C20H18N2O4. The molecule has 0 saturated carbocycles. The van der Waals surface area contributed by atoms with Crippen LogP contribution in [0.5, 0.6) is 5.75 Å². The highest BCUT2D eigenvalue weighted by Crippen LogP contribution is 2.23. The molecule has 6 heteroatoms. The number of hydrogen-bond acceptors (Lipinski definition) is 4. The number of nitrogens with zero attached hydrogens (tertiary/aromatic N) is 1. The van der Waals surface area contributed by atoms with E-state index in [2.05, 4.69) is 5.32 Å². The maximum atomic E-state index is 12.8. The largest absolute Gasteiger partial charge is 0.497 e. The van der Waals surface area contributed by atoms with Gasteiger partial charge in [0.15, 0.2) is 0 Å². The Balaban J connectivity index is 1.95. The lowest BCUT2D eigenvalue weighted by Gasteiger charge is -2.26. The van der Waals surface area contributed by atoms with E-state index in [1.807, 2.05) is 19.1 Å². The summed E-state index contributed by atoms with van der Waals surface area (Å²) in [5.41, 5.74) is 2.05. The van der Waals surface area contributed by atoms with Gasteiger partial charge in [0.25, 0.3) is 11.8 Å². The molecule has 0 spiro atoms. The van der Waals surface area contributed by atoms with E-state index in [9.17, 15) is 14.4 Å². The molecule has 0 aromatic heterocycles. The Morgan fingerprint density at radius 3 is 2.23 bits per heavy atom. The Morgan fingerprint density at radius 1 is 1.00 bits per heavy atom. The van der Waals surface area contributed by atoms with Crippen molar-refractivity contribution in [1.82, 2.24) is 5.32 Å². The zero-order valence-corrected chi connectivity index (χ0v) is 14.5. The lowest BCUT2D eigenvalue weighted by molar-refractivity contribution is -0.122. The maximum absolute atomic E-state index is 12.8. The van der Waals surface area contributed by atoms with Crippen LogP contribution in [0, 0.1) is 0 Å². The molecule has 1 aliphatic rings. The molecule has 26 heavy (non-hydrogen) atoms. The molecule has 2 aromatic rings.